The lowest BCUT2D eigenvalue weighted by Crippen LogP contribution is -2.41. The van der Waals surface area contributed by atoms with Crippen molar-refractivity contribution in [3.05, 3.63) is 116 Å². The first-order valence-corrected chi connectivity index (χ1v) is 15.3. The third-order valence-corrected chi connectivity index (χ3v) is 9.48. The Morgan fingerprint density at radius 1 is 1.00 bits per heavy atom. The third kappa shape index (κ3) is 6.36. The summed E-state index contributed by atoms with van der Waals surface area (Å²) in [4.78, 5) is 28.4. The number of hydrogen-bond acceptors (Lipinski definition) is 4. The lowest BCUT2D eigenvalue weighted by atomic mass is 10.1. The first-order valence-electron chi connectivity index (χ1n) is 12.3. The van der Waals surface area contributed by atoms with Gasteiger partial charge in [0.1, 0.15) is 0 Å². The van der Waals surface area contributed by atoms with Crippen LogP contribution in [0.4, 0.5) is 5.69 Å². The van der Waals surface area contributed by atoms with Crippen molar-refractivity contribution < 1.29 is 18.0 Å². The Bertz CT molecular complexity index is 1640. The molecule has 3 aromatic carbocycles. The second kappa shape index (κ2) is 11.5. The van der Waals surface area contributed by atoms with Crippen LogP contribution < -0.4 is 4.90 Å². The van der Waals surface area contributed by atoms with E-state index in [0.717, 1.165) is 10.0 Å². The molecule has 0 aromatic heterocycles. The molecular weight excluding hydrogens is 635 g/mol. The van der Waals surface area contributed by atoms with E-state index < -0.39 is 21.3 Å². The molecule has 0 spiro atoms. The molecule has 40 heavy (non-hydrogen) atoms. The zero-order valence-corrected chi connectivity index (χ0v) is 26.0. The number of allylic oxidation sites excluding steroid dienone is 1. The second-order valence-corrected chi connectivity index (χ2v) is 13.8. The summed E-state index contributed by atoms with van der Waals surface area (Å²) < 4.78 is 29.1. The van der Waals surface area contributed by atoms with Crippen molar-refractivity contribution in [2.45, 2.75) is 32.7 Å². The molecule has 0 aliphatic carbocycles. The fraction of sp³-hybridized carbons (Fsp3) is 0.200. The lowest BCUT2D eigenvalue weighted by molar-refractivity contribution is -0.117. The molecule has 10 heteroatoms. The van der Waals surface area contributed by atoms with Gasteiger partial charge in [-0.1, -0.05) is 70.0 Å². The Balaban J connectivity index is 1.73. The van der Waals surface area contributed by atoms with Crippen molar-refractivity contribution in [2.75, 3.05) is 11.4 Å². The predicted octanol–water partition coefficient (Wildman–Crippen LogP) is 7.51. The van der Waals surface area contributed by atoms with E-state index in [1.807, 2.05) is 24.3 Å². The SMILES string of the molecule is C=C1C=C(c2cccc(N(CC(=O)c3ccc(Cl)cc3Cl)C(=O)Cc3ccc(Br)cc3)c2)S(=O)(=O)N1C(C)(C)C. The fourth-order valence-corrected chi connectivity index (χ4v) is 7.30. The minimum atomic E-state index is -3.89. The van der Waals surface area contributed by atoms with Gasteiger partial charge in [0.05, 0.1) is 22.9 Å². The fourth-order valence-electron chi connectivity index (χ4n) is 4.53. The Kier molecular flexibility index (Phi) is 8.66. The average molecular weight is 662 g/mol. The van der Waals surface area contributed by atoms with E-state index in [9.17, 15) is 18.0 Å². The molecule has 4 rings (SSSR count). The molecule has 3 aromatic rings. The first kappa shape index (κ1) is 30.1. The predicted molar refractivity (Wildman–Crippen MR) is 165 cm³/mol. The molecule has 1 aliphatic rings. The van der Waals surface area contributed by atoms with Gasteiger partial charge in [0.25, 0.3) is 10.0 Å². The van der Waals surface area contributed by atoms with Crippen molar-refractivity contribution in [1.29, 1.82) is 0 Å². The topological polar surface area (TPSA) is 74.8 Å². The van der Waals surface area contributed by atoms with E-state index in [4.69, 9.17) is 23.2 Å². The highest BCUT2D eigenvalue weighted by atomic mass is 79.9. The molecule has 0 radical (unpaired) electrons. The maximum atomic E-state index is 13.7. The minimum absolute atomic E-state index is 0.0226. The molecule has 0 fully saturated rings. The van der Waals surface area contributed by atoms with Crippen LogP contribution in [0.1, 0.15) is 42.3 Å². The highest BCUT2D eigenvalue weighted by Crippen LogP contribution is 2.40. The molecule has 0 atom stereocenters. The summed E-state index contributed by atoms with van der Waals surface area (Å²) in [7, 11) is -3.89. The van der Waals surface area contributed by atoms with Crippen LogP contribution in [0.5, 0.6) is 0 Å². The van der Waals surface area contributed by atoms with Crippen molar-refractivity contribution in [1.82, 2.24) is 4.31 Å². The molecule has 0 saturated heterocycles. The number of carbonyl (C=O) groups is 2. The van der Waals surface area contributed by atoms with E-state index >= 15 is 0 Å². The lowest BCUT2D eigenvalue weighted by Gasteiger charge is -2.33. The summed E-state index contributed by atoms with van der Waals surface area (Å²) in [6.07, 6.45) is 1.54. The van der Waals surface area contributed by atoms with Crippen LogP contribution in [0, 0.1) is 0 Å². The largest absolute Gasteiger partial charge is 0.304 e. The molecule has 1 aliphatic heterocycles. The smallest absolute Gasteiger partial charge is 0.265 e. The number of carbonyl (C=O) groups excluding carboxylic acids is 2. The van der Waals surface area contributed by atoms with Gasteiger partial charge in [-0.2, -0.15) is 0 Å². The molecule has 0 bridgehead atoms. The minimum Gasteiger partial charge on any atom is -0.304 e. The second-order valence-electron chi connectivity index (χ2n) is 10.3. The number of sulfonamides is 1. The Morgan fingerprint density at radius 2 is 1.68 bits per heavy atom. The maximum absolute atomic E-state index is 13.7. The molecule has 1 amide bonds. The summed E-state index contributed by atoms with van der Waals surface area (Å²) in [5.41, 5.74) is 1.36. The molecule has 208 valence electrons. The number of rotatable bonds is 7. The number of Topliss-reactive ketones (excluding diaryl/α,β-unsaturated/α-hetero) is 1. The number of ketones is 1. The van der Waals surface area contributed by atoms with E-state index in [-0.39, 0.29) is 34.4 Å². The van der Waals surface area contributed by atoms with Gasteiger partial charge in [-0.05, 0) is 80.4 Å². The van der Waals surface area contributed by atoms with Gasteiger partial charge in [-0.25, -0.2) is 8.42 Å². The van der Waals surface area contributed by atoms with Crippen molar-refractivity contribution in [3.8, 4) is 0 Å². The maximum Gasteiger partial charge on any atom is 0.265 e. The summed E-state index contributed by atoms with van der Waals surface area (Å²) >= 11 is 15.7. The Morgan fingerprint density at radius 3 is 2.27 bits per heavy atom. The van der Waals surface area contributed by atoms with Crippen LogP contribution in [0.25, 0.3) is 4.91 Å². The van der Waals surface area contributed by atoms with Gasteiger partial charge in [0.15, 0.2) is 5.78 Å². The van der Waals surface area contributed by atoms with Crippen LogP contribution in [0.15, 0.2) is 89.6 Å². The Labute approximate surface area is 253 Å². The number of benzene rings is 3. The van der Waals surface area contributed by atoms with Gasteiger partial charge < -0.3 is 4.90 Å². The normalized spacial score (nSPS) is 14.7. The van der Waals surface area contributed by atoms with Crippen molar-refractivity contribution >= 4 is 71.4 Å². The van der Waals surface area contributed by atoms with Gasteiger partial charge in [0, 0.05) is 32.0 Å². The zero-order valence-electron chi connectivity index (χ0n) is 22.1. The van der Waals surface area contributed by atoms with E-state index in [2.05, 4.69) is 22.5 Å². The van der Waals surface area contributed by atoms with E-state index in [0.29, 0.717) is 22.0 Å². The highest BCUT2D eigenvalue weighted by molar-refractivity contribution is 9.10. The molecule has 1 heterocycles. The van der Waals surface area contributed by atoms with E-state index in [1.54, 1.807) is 51.1 Å². The number of anilines is 1. The van der Waals surface area contributed by atoms with Gasteiger partial charge in [-0.3, -0.25) is 13.9 Å². The average Bonchev–Trinajstić information content (AvgIpc) is 3.12. The summed E-state index contributed by atoms with van der Waals surface area (Å²) in [6, 6.07) is 18.4. The van der Waals surface area contributed by atoms with Crippen LogP contribution in [-0.4, -0.2) is 36.5 Å². The van der Waals surface area contributed by atoms with E-state index in [1.165, 1.54) is 27.4 Å². The van der Waals surface area contributed by atoms with Gasteiger partial charge >= 0.3 is 0 Å². The standard InChI is InChI=1S/C30H27BrCl2N2O4S/c1-19-14-28(40(38,39)35(19)30(2,3)4)21-6-5-7-24(16-21)34(29(37)15-20-8-10-22(31)11-9-20)18-27(36)25-13-12-23(32)17-26(25)33/h5-14,16-17H,1,15,18H2,2-4H3. The van der Waals surface area contributed by atoms with Crippen molar-refractivity contribution in [2.24, 2.45) is 0 Å². The Hall–Kier alpha value is -2.91. The monoisotopic (exact) mass is 660 g/mol. The highest BCUT2D eigenvalue weighted by Gasteiger charge is 2.41. The molecular formula is C30H27BrCl2N2O4S. The number of amides is 1. The molecule has 6 nitrogen and oxygen atoms in total. The summed E-state index contributed by atoms with van der Waals surface area (Å²) in [5, 5.41) is 0.559. The van der Waals surface area contributed by atoms with Crippen molar-refractivity contribution in [3.63, 3.8) is 0 Å². The zero-order chi connectivity index (χ0) is 29.4. The quantitative estimate of drug-likeness (QED) is 0.246. The third-order valence-electron chi connectivity index (χ3n) is 6.23. The van der Waals surface area contributed by atoms with Crippen LogP contribution >= 0.6 is 39.1 Å². The molecule has 0 unspecified atom stereocenters. The van der Waals surface area contributed by atoms with Crippen LogP contribution in [-0.2, 0) is 21.2 Å². The number of halogens is 3. The van der Waals surface area contributed by atoms with Crippen LogP contribution in [0.2, 0.25) is 10.0 Å². The molecule has 0 N–H and O–H groups in total. The summed E-state index contributed by atoms with van der Waals surface area (Å²) in [6.45, 7) is 8.99. The van der Waals surface area contributed by atoms with Gasteiger partial charge in [0.2, 0.25) is 5.91 Å². The summed E-state index contributed by atoms with van der Waals surface area (Å²) in [5.74, 6) is -0.738. The number of nitrogens with zero attached hydrogens (tertiary/aromatic N) is 2. The number of hydrogen-bond donors (Lipinski definition) is 0. The van der Waals surface area contributed by atoms with Crippen LogP contribution in [0.3, 0.4) is 0 Å². The first-order chi connectivity index (χ1) is 18.7. The molecule has 0 saturated carbocycles. The van der Waals surface area contributed by atoms with Gasteiger partial charge in [-0.15, -0.1) is 0 Å².